The lowest BCUT2D eigenvalue weighted by Gasteiger charge is -2.50. The van der Waals surface area contributed by atoms with Crippen molar-refractivity contribution in [2.45, 2.75) is 215 Å². The van der Waals surface area contributed by atoms with Crippen LogP contribution in [0.1, 0.15) is 0 Å². The summed E-state index contributed by atoms with van der Waals surface area (Å²) in [5, 5.41) is 220. The SMILES string of the molecule is NC[C@@H]1O[C@@H]2O[C@H]3[C@H](O)[C@@H](O)[C@@H](O[C@H]4[C@H](O)[C@@H](O)[C@@H](O[C@H]5[C@H](O)[C@@H](O)[C@@H](O[C@H]6[C@@H](O)[C@H](O)[C@@H](O[C@H]7[C@@H](O)[C@H](O)[C@@H](O[C@H]8[C@H](O)[C@@H](O)[C@@H](O[C@H]1[C@H](O)[C@H]2O)O[C@@H]8CO)O[C@@H]7CO)O[C@@H]6CO)O[C@@H]5CO)O[C@H]4CO)O[C@@H]3CO. The van der Waals surface area contributed by atoms with Gasteiger partial charge >= 0.3 is 0 Å². The van der Waals surface area contributed by atoms with Crippen molar-refractivity contribution in [2.75, 3.05) is 46.2 Å². The molecule has 21 aliphatic heterocycles. The summed E-state index contributed by atoms with van der Waals surface area (Å²) in [5.41, 5.74) is 5.94. The smallest absolute Gasteiger partial charge is 0.187 e. The predicted molar refractivity (Wildman–Crippen MR) is 230 cm³/mol. The standard InChI is InChI=1S/C42H71NO34/c43-1-8-29-15(50)22(57)36(64-8)72-30-9(2-44)66-38(24(59)17(30)52)74-32-11(4-46)68-40(26(61)19(32)54)76-34-13(6-48)70-42(28(63)21(34)56)77-35-14(7-49)69-41(27(62)20(35)55)75-33-12(5-47)67-39(25(60)18(33)53)73-31-10(3-45)65-37(71-29)23(58)16(31)51/h8-42,44-63H,1-7,43H2/t8-,9+,10+,11-,12+,13+,14+,15+,16+,17+,18-,19+,20-,21+,22+,23+,24+,25-,26+,27-,28+,29+,30+,31+,32+,33+,34+,35+,36+,37+,38+,39+,40+,41+,42+/m0/s1. The molecular formula is C42H71NO34. The molecule has 21 aliphatic rings. The van der Waals surface area contributed by atoms with Crippen LogP contribution >= 0.6 is 0 Å². The van der Waals surface area contributed by atoms with Gasteiger partial charge in [-0.2, -0.15) is 0 Å². The summed E-state index contributed by atoms with van der Waals surface area (Å²) in [5.74, 6) is 0. The molecule has 0 amide bonds. The molecule has 35 atom stereocenters. The summed E-state index contributed by atoms with van der Waals surface area (Å²) in [6, 6.07) is 0. The summed E-state index contributed by atoms with van der Waals surface area (Å²) >= 11 is 0. The van der Waals surface area contributed by atoms with Crippen LogP contribution in [-0.2, 0) is 66.3 Å². The molecule has 0 aromatic carbocycles. The fourth-order valence-corrected chi connectivity index (χ4v) is 10.5. The highest BCUT2D eigenvalue weighted by molar-refractivity contribution is 5.02. The molecule has 0 aromatic heterocycles. The average Bonchev–Trinajstić information content (AvgIpc) is 3.45. The molecule has 21 rings (SSSR count). The van der Waals surface area contributed by atoms with Gasteiger partial charge in [-0.1, -0.05) is 0 Å². The van der Waals surface area contributed by atoms with Gasteiger partial charge in [-0.3, -0.25) is 0 Å². The molecule has 21 saturated heterocycles. The fraction of sp³-hybridized carbons (Fsp3) is 1.00. The van der Waals surface area contributed by atoms with E-state index in [0.717, 1.165) is 0 Å². The maximum atomic E-state index is 11.4. The van der Waals surface area contributed by atoms with Crippen molar-refractivity contribution in [3.05, 3.63) is 0 Å². The molecule has 21 fully saturated rings. The number of rotatable bonds is 7. The molecule has 0 unspecified atom stereocenters. The van der Waals surface area contributed by atoms with Gasteiger partial charge in [0.1, 0.15) is 171 Å². The number of aliphatic hydroxyl groups excluding tert-OH is 20. The Kier molecular flexibility index (Phi) is 20.8. The molecule has 0 aliphatic carbocycles. The molecule has 0 aromatic rings. The molecule has 0 spiro atoms. The summed E-state index contributed by atoms with van der Waals surface area (Å²) in [7, 11) is 0. The van der Waals surface area contributed by atoms with Gasteiger partial charge in [0, 0.05) is 6.54 Å². The minimum Gasteiger partial charge on any atom is -0.394 e. The number of aliphatic hydroxyl groups is 20. The lowest BCUT2D eigenvalue weighted by molar-refractivity contribution is -0.396. The van der Waals surface area contributed by atoms with E-state index in [1.165, 1.54) is 0 Å². The molecule has 35 nitrogen and oxygen atoms in total. The lowest BCUT2D eigenvalue weighted by atomic mass is 9.95. The van der Waals surface area contributed by atoms with Crippen LogP contribution in [0.5, 0.6) is 0 Å². The molecule has 21 heterocycles. The Morgan fingerprint density at radius 2 is 0.325 bits per heavy atom. The second kappa shape index (κ2) is 26.0. The Balaban J connectivity index is 1.08. The fourth-order valence-electron chi connectivity index (χ4n) is 10.5. The van der Waals surface area contributed by atoms with Crippen LogP contribution in [0.2, 0.25) is 0 Å². The van der Waals surface area contributed by atoms with E-state index in [4.69, 9.17) is 72.0 Å². The van der Waals surface area contributed by atoms with Gasteiger partial charge < -0.3 is 174 Å². The van der Waals surface area contributed by atoms with E-state index in [-0.39, 0.29) is 0 Å². The van der Waals surface area contributed by atoms with Crippen molar-refractivity contribution >= 4 is 0 Å². The molecule has 448 valence electrons. The van der Waals surface area contributed by atoms with Crippen LogP contribution in [0.4, 0.5) is 0 Å². The highest BCUT2D eigenvalue weighted by Gasteiger charge is 2.59. The second-order valence-electron chi connectivity index (χ2n) is 19.7. The van der Waals surface area contributed by atoms with Crippen LogP contribution in [0.25, 0.3) is 0 Å². The van der Waals surface area contributed by atoms with Gasteiger partial charge in [-0.25, -0.2) is 0 Å². The monoisotopic (exact) mass is 1130 g/mol. The third kappa shape index (κ3) is 12.1. The first-order valence-corrected chi connectivity index (χ1v) is 24.7. The van der Waals surface area contributed by atoms with E-state index in [0.29, 0.717) is 0 Å². The minimum atomic E-state index is -2.20. The number of ether oxygens (including phenoxy) is 14. The maximum Gasteiger partial charge on any atom is 0.187 e. The summed E-state index contributed by atoms with van der Waals surface area (Å²) in [6.45, 7) is -6.75. The number of nitrogens with two attached hydrogens (primary N) is 1. The second-order valence-corrected chi connectivity index (χ2v) is 19.7. The minimum absolute atomic E-state index is 0.547. The quantitative estimate of drug-likeness (QED) is 0.113. The summed E-state index contributed by atoms with van der Waals surface area (Å²) in [4.78, 5) is 0. The summed E-state index contributed by atoms with van der Waals surface area (Å²) in [6.07, 6.45) is -69.2. The third-order valence-electron chi connectivity index (χ3n) is 14.8. The molecule has 35 heteroatoms. The zero-order valence-electron chi connectivity index (χ0n) is 40.4. The Morgan fingerprint density at radius 1 is 0.195 bits per heavy atom. The van der Waals surface area contributed by atoms with E-state index >= 15 is 0 Å². The molecule has 0 radical (unpaired) electrons. The Hall–Kier alpha value is -1.40. The largest absolute Gasteiger partial charge is 0.394 e. The van der Waals surface area contributed by atoms with Gasteiger partial charge in [0.25, 0.3) is 0 Å². The van der Waals surface area contributed by atoms with Crippen molar-refractivity contribution in [3.8, 4) is 0 Å². The Labute approximate surface area is 434 Å². The first kappa shape index (κ1) is 61.7. The third-order valence-corrected chi connectivity index (χ3v) is 14.8. The first-order chi connectivity index (χ1) is 36.7. The van der Waals surface area contributed by atoms with Crippen LogP contribution in [0.15, 0.2) is 0 Å². The van der Waals surface area contributed by atoms with E-state index in [9.17, 15) is 102 Å². The van der Waals surface area contributed by atoms with Gasteiger partial charge in [0.2, 0.25) is 0 Å². The highest BCUT2D eigenvalue weighted by atomic mass is 16.8. The van der Waals surface area contributed by atoms with Crippen LogP contribution < -0.4 is 5.73 Å². The average molecular weight is 1130 g/mol. The molecule has 77 heavy (non-hydrogen) atoms. The topological polar surface area (TPSA) is 560 Å². The maximum absolute atomic E-state index is 11.4. The zero-order chi connectivity index (χ0) is 56.1. The van der Waals surface area contributed by atoms with Crippen molar-refractivity contribution in [1.82, 2.24) is 0 Å². The molecule has 0 saturated carbocycles. The van der Waals surface area contributed by atoms with Gasteiger partial charge in [0.15, 0.2) is 44.0 Å². The van der Waals surface area contributed by atoms with Gasteiger partial charge in [-0.05, 0) is 0 Å². The highest BCUT2D eigenvalue weighted by Crippen LogP contribution is 2.39. The predicted octanol–water partition coefficient (Wildman–Crippen LogP) is -15.3. The van der Waals surface area contributed by atoms with E-state index in [1.807, 2.05) is 0 Å². The van der Waals surface area contributed by atoms with Crippen LogP contribution in [0, 0.1) is 0 Å². The van der Waals surface area contributed by atoms with Crippen molar-refractivity contribution in [2.24, 2.45) is 5.73 Å². The Morgan fingerprint density at radius 3 is 0.455 bits per heavy atom. The zero-order valence-corrected chi connectivity index (χ0v) is 40.4. The van der Waals surface area contributed by atoms with Crippen LogP contribution in [0.3, 0.4) is 0 Å². The van der Waals surface area contributed by atoms with E-state index < -0.39 is 261 Å². The van der Waals surface area contributed by atoms with Crippen molar-refractivity contribution < 1.29 is 168 Å². The van der Waals surface area contributed by atoms with E-state index in [1.54, 1.807) is 0 Å². The van der Waals surface area contributed by atoms with Crippen molar-refractivity contribution in [3.63, 3.8) is 0 Å². The molecular weight excluding hydrogens is 1060 g/mol. The normalized spacial score (nSPS) is 55.4. The lowest BCUT2D eigenvalue weighted by Crippen LogP contribution is -2.68. The summed E-state index contributed by atoms with van der Waals surface area (Å²) < 4.78 is 79.9. The van der Waals surface area contributed by atoms with E-state index in [2.05, 4.69) is 0 Å². The van der Waals surface area contributed by atoms with Crippen molar-refractivity contribution in [1.29, 1.82) is 0 Å². The Bertz CT molecular complexity index is 1470. The number of hydrogen-bond acceptors (Lipinski definition) is 35. The van der Waals surface area contributed by atoms with Gasteiger partial charge in [-0.15, -0.1) is 0 Å². The number of hydrogen-bond donors (Lipinski definition) is 21. The first-order valence-electron chi connectivity index (χ1n) is 24.7. The van der Waals surface area contributed by atoms with Crippen LogP contribution in [-0.4, -0.2) is 363 Å². The molecule has 14 bridgehead atoms. The molecule has 22 N–H and O–H groups in total. The van der Waals surface area contributed by atoms with Gasteiger partial charge in [0.05, 0.1) is 39.6 Å².